The van der Waals surface area contributed by atoms with Gasteiger partial charge in [-0.05, 0) is 62.0 Å². The van der Waals surface area contributed by atoms with Gasteiger partial charge in [-0.2, -0.15) is 0 Å². The van der Waals surface area contributed by atoms with E-state index in [1.54, 1.807) is 0 Å². The van der Waals surface area contributed by atoms with Gasteiger partial charge in [0.15, 0.2) is 0 Å². The maximum absolute atomic E-state index is 6.38. The van der Waals surface area contributed by atoms with Gasteiger partial charge in [0.2, 0.25) is 0 Å². The van der Waals surface area contributed by atoms with Gasteiger partial charge in [-0.1, -0.05) is 37.6 Å². The summed E-state index contributed by atoms with van der Waals surface area (Å²) >= 11 is 0. The Labute approximate surface area is 112 Å². The summed E-state index contributed by atoms with van der Waals surface area (Å²) in [6.07, 6.45) is 3.75. The van der Waals surface area contributed by atoms with Crippen LogP contribution in [0.5, 0.6) is 0 Å². The van der Waals surface area contributed by atoms with Crippen LogP contribution in [0, 0.1) is 25.7 Å². The van der Waals surface area contributed by atoms with Gasteiger partial charge >= 0.3 is 0 Å². The molecule has 0 radical (unpaired) electrons. The molecule has 3 atom stereocenters. The zero-order valence-electron chi connectivity index (χ0n) is 12.2. The summed E-state index contributed by atoms with van der Waals surface area (Å²) in [6, 6.07) is 7.17. The van der Waals surface area contributed by atoms with Crippen LogP contribution in [0.25, 0.3) is 0 Å². The van der Waals surface area contributed by atoms with Gasteiger partial charge in [0.1, 0.15) is 0 Å². The number of nitrogens with two attached hydrogens (primary N) is 1. The van der Waals surface area contributed by atoms with E-state index in [1.165, 1.54) is 36.0 Å². The molecule has 0 saturated heterocycles. The third-order valence-corrected chi connectivity index (χ3v) is 4.71. The van der Waals surface area contributed by atoms with E-state index in [0.29, 0.717) is 12.0 Å². The van der Waals surface area contributed by atoms with Crippen molar-refractivity contribution in [2.75, 3.05) is 0 Å². The predicted molar refractivity (Wildman–Crippen MR) is 78.8 cm³/mol. The lowest BCUT2D eigenvalue weighted by Crippen LogP contribution is -2.36. The topological polar surface area (TPSA) is 26.0 Å². The maximum Gasteiger partial charge on any atom is 0.0108 e. The number of benzene rings is 1. The fourth-order valence-corrected chi connectivity index (χ4v) is 3.43. The van der Waals surface area contributed by atoms with Crippen LogP contribution in [-0.4, -0.2) is 6.04 Å². The summed E-state index contributed by atoms with van der Waals surface area (Å²) in [5.41, 5.74) is 10.6. The van der Waals surface area contributed by atoms with Gasteiger partial charge in [-0.3, -0.25) is 0 Å². The van der Waals surface area contributed by atoms with E-state index in [9.17, 15) is 0 Å². The van der Waals surface area contributed by atoms with Gasteiger partial charge in [0.25, 0.3) is 0 Å². The summed E-state index contributed by atoms with van der Waals surface area (Å²) in [5.74, 6) is 2.19. The summed E-state index contributed by atoms with van der Waals surface area (Å²) < 4.78 is 0. The van der Waals surface area contributed by atoms with E-state index < -0.39 is 0 Å². The zero-order chi connectivity index (χ0) is 13.3. The minimum atomic E-state index is 0.349. The molecule has 0 bridgehead atoms. The Balaban J connectivity index is 2.24. The molecule has 1 aliphatic carbocycles. The first kappa shape index (κ1) is 13.6. The fraction of sp³-hybridized carbons (Fsp3) is 0.647. The minimum Gasteiger partial charge on any atom is -0.327 e. The average Bonchev–Trinajstić information content (AvgIpc) is 2.30. The Bertz CT molecular complexity index is 408. The number of hydrogen-bond donors (Lipinski definition) is 1. The average molecular weight is 245 g/mol. The molecule has 0 aromatic heterocycles. The van der Waals surface area contributed by atoms with Crippen LogP contribution in [0.15, 0.2) is 18.2 Å². The van der Waals surface area contributed by atoms with Crippen LogP contribution in [0.2, 0.25) is 0 Å². The van der Waals surface area contributed by atoms with Crippen molar-refractivity contribution in [3.63, 3.8) is 0 Å². The summed E-state index contributed by atoms with van der Waals surface area (Å²) in [7, 11) is 0. The second-order valence-electron chi connectivity index (χ2n) is 6.45. The monoisotopic (exact) mass is 245 g/mol. The van der Waals surface area contributed by atoms with Crippen molar-refractivity contribution in [3.8, 4) is 0 Å². The molecule has 2 N–H and O–H groups in total. The molecule has 3 unspecified atom stereocenters. The SMILES string of the molecule is Cc1ccc(C2CC(C(C)C)CCC2N)c(C)c1. The minimum absolute atomic E-state index is 0.349. The molecule has 0 heterocycles. The summed E-state index contributed by atoms with van der Waals surface area (Å²) in [5, 5.41) is 0. The zero-order valence-corrected chi connectivity index (χ0v) is 12.2. The Morgan fingerprint density at radius 3 is 2.50 bits per heavy atom. The Hall–Kier alpha value is -0.820. The number of aryl methyl sites for hydroxylation is 2. The van der Waals surface area contributed by atoms with Gasteiger partial charge in [-0.25, -0.2) is 0 Å². The van der Waals surface area contributed by atoms with E-state index in [4.69, 9.17) is 5.73 Å². The van der Waals surface area contributed by atoms with E-state index in [2.05, 4.69) is 45.9 Å². The second kappa shape index (κ2) is 5.44. The third-order valence-electron chi connectivity index (χ3n) is 4.71. The first-order valence-electron chi connectivity index (χ1n) is 7.31. The molecule has 2 rings (SSSR count). The highest BCUT2D eigenvalue weighted by Crippen LogP contribution is 2.39. The van der Waals surface area contributed by atoms with Crippen molar-refractivity contribution < 1.29 is 0 Å². The molecule has 1 saturated carbocycles. The highest BCUT2D eigenvalue weighted by Gasteiger charge is 2.31. The van der Waals surface area contributed by atoms with Crippen LogP contribution in [0.1, 0.15) is 55.7 Å². The van der Waals surface area contributed by atoms with Gasteiger partial charge in [-0.15, -0.1) is 0 Å². The van der Waals surface area contributed by atoms with E-state index in [-0.39, 0.29) is 0 Å². The molecular weight excluding hydrogens is 218 g/mol. The fourth-order valence-electron chi connectivity index (χ4n) is 3.43. The van der Waals surface area contributed by atoms with E-state index >= 15 is 0 Å². The Morgan fingerprint density at radius 2 is 1.89 bits per heavy atom. The molecule has 0 spiro atoms. The van der Waals surface area contributed by atoms with Gasteiger partial charge in [0, 0.05) is 6.04 Å². The molecule has 0 aliphatic heterocycles. The van der Waals surface area contributed by atoms with E-state index in [1.807, 2.05) is 0 Å². The molecule has 18 heavy (non-hydrogen) atoms. The molecular formula is C17H27N. The van der Waals surface area contributed by atoms with Crippen molar-refractivity contribution in [2.24, 2.45) is 17.6 Å². The lowest BCUT2D eigenvalue weighted by molar-refractivity contribution is 0.232. The number of hydrogen-bond acceptors (Lipinski definition) is 1. The molecule has 1 aromatic rings. The van der Waals surface area contributed by atoms with Crippen LogP contribution in [0.4, 0.5) is 0 Å². The Morgan fingerprint density at radius 1 is 1.17 bits per heavy atom. The van der Waals surface area contributed by atoms with Crippen molar-refractivity contribution in [1.29, 1.82) is 0 Å². The van der Waals surface area contributed by atoms with Crippen molar-refractivity contribution in [3.05, 3.63) is 34.9 Å². The van der Waals surface area contributed by atoms with Crippen LogP contribution in [-0.2, 0) is 0 Å². The molecule has 1 nitrogen and oxygen atoms in total. The molecule has 0 amide bonds. The van der Waals surface area contributed by atoms with Crippen LogP contribution < -0.4 is 5.73 Å². The molecule has 1 fully saturated rings. The van der Waals surface area contributed by atoms with Gasteiger partial charge in [0.05, 0.1) is 0 Å². The first-order valence-corrected chi connectivity index (χ1v) is 7.31. The molecule has 1 aromatic carbocycles. The molecule has 100 valence electrons. The lowest BCUT2D eigenvalue weighted by Gasteiger charge is -2.37. The third kappa shape index (κ3) is 2.77. The quantitative estimate of drug-likeness (QED) is 0.831. The summed E-state index contributed by atoms with van der Waals surface area (Å²) in [4.78, 5) is 0. The largest absolute Gasteiger partial charge is 0.327 e. The van der Waals surface area contributed by atoms with Crippen molar-refractivity contribution >= 4 is 0 Å². The second-order valence-corrected chi connectivity index (χ2v) is 6.45. The predicted octanol–water partition coefficient (Wildman–Crippen LogP) is 4.17. The highest BCUT2D eigenvalue weighted by molar-refractivity contribution is 5.34. The summed E-state index contributed by atoms with van der Waals surface area (Å²) in [6.45, 7) is 9.09. The first-order chi connectivity index (χ1) is 8.49. The molecule has 1 heteroatoms. The van der Waals surface area contributed by atoms with Crippen LogP contribution in [0.3, 0.4) is 0 Å². The number of rotatable bonds is 2. The lowest BCUT2D eigenvalue weighted by atomic mass is 9.71. The van der Waals surface area contributed by atoms with Crippen molar-refractivity contribution in [2.45, 2.75) is 58.9 Å². The smallest absolute Gasteiger partial charge is 0.0108 e. The standard InChI is InChI=1S/C17H27N/c1-11(2)14-6-8-17(18)16(10-14)15-7-5-12(3)9-13(15)4/h5,7,9,11,14,16-17H,6,8,10,18H2,1-4H3. The highest BCUT2D eigenvalue weighted by atomic mass is 14.7. The van der Waals surface area contributed by atoms with Crippen LogP contribution >= 0.6 is 0 Å². The van der Waals surface area contributed by atoms with Crippen molar-refractivity contribution in [1.82, 2.24) is 0 Å². The van der Waals surface area contributed by atoms with Gasteiger partial charge < -0.3 is 5.73 Å². The Kier molecular flexibility index (Phi) is 4.11. The van der Waals surface area contributed by atoms with E-state index in [0.717, 1.165) is 11.8 Å². The normalized spacial score (nSPS) is 28.7. The molecule has 1 aliphatic rings. The maximum atomic E-state index is 6.38.